The minimum atomic E-state index is -3.29. The SMILES string of the molecule is CC(C)(CNC(=O)C(C#N)c1ccccc1)S(C)(=O)=O. The van der Waals surface area contributed by atoms with Gasteiger partial charge in [0, 0.05) is 12.8 Å². The van der Waals surface area contributed by atoms with E-state index in [9.17, 15) is 13.2 Å². The molecule has 0 fully saturated rings. The first kappa shape index (κ1) is 16.2. The van der Waals surface area contributed by atoms with E-state index >= 15 is 0 Å². The van der Waals surface area contributed by atoms with E-state index in [-0.39, 0.29) is 6.54 Å². The summed E-state index contributed by atoms with van der Waals surface area (Å²) >= 11 is 0. The van der Waals surface area contributed by atoms with Crippen LogP contribution in [0.5, 0.6) is 0 Å². The number of hydrogen-bond donors (Lipinski definition) is 1. The van der Waals surface area contributed by atoms with Gasteiger partial charge in [0.1, 0.15) is 5.92 Å². The highest BCUT2D eigenvalue weighted by molar-refractivity contribution is 7.92. The molecule has 1 N–H and O–H groups in total. The molecule has 0 aliphatic heterocycles. The highest BCUT2D eigenvalue weighted by Gasteiger charge is 2.31. The molecule has 0 heterocycles. The van der Waals surface area contributed by atoms with Gasteiger partial charge < -0.3 is 5.32 Å². The molecule has 20 heavy (non-hydrogen) atoms. The first-order valence-electron chi connectivity index (χ1n) is 6.11. The van der Waals surface area contributed by atoms with E-state index < -0.39 is 26.4 Å². The third-order valence-electron chi connectivity index (χ3n) is 3.22. The number of hydrogen-bond acceptors (Lipinski definition) is 4. The van der Waals surface area contributed by atoms with Gasteiger partial charge in [-0.3, -0.25) is 4.79 Å². The smallest absolute Gasteiger partial charge is 0.241 e. The van der Waals surface area contributed by atoms with E-state index in [0.717, 1.165) is 6.26 Å². The molecule has 1 amide bonds. The summed E-state index contributed by atoms with van der Waals surface area (Å²) in [4.78, 5) is 12.0. The molecule has 1 rings (SSSR count). The van der Waals surface area contributed by atoms with Crippen LogP contribution in [-0.2, 0) is 14.6 Å². The lowest BCUT2D eigenvalue weighted by Crippen LogP contribution is -2.44. The lowest BCUT2D eigenvalue weighted by Gasteiger charge is -2.23. The molecule has 1 atom stereocenters. The highest BCUT2D eigenvalue weighted by atomic mass is 32.2. The van der Waals surface area contributed by atoms with Crippen LogP contribution < -0.4 is 5.32 Å². The van der Waals surface area contributed by atoms with Gasteiger partial charge in [-0.2, -0.15) is 5.26 Å². The van der Waals surface area contributed by atoms with Crippen molar-refractivity contribution in [1.29, 1.82) is 5.26 Å². The summed E-state index contributed by atoms with van der Waals surface area (Å²) in [6.07, 6.45) is 1.12. The largest absolute Gasteiger partial charge is 0.353 e. The Morgan fingerprint density at radius 2 is 1.90 bits per heavy atom. The van der Waals surface area contributed by atoms with Crippen LogP contribution in [-0.4, -0.2) is 31.9 Å². The van der Waals surface area contributed by atoms with Gasteiger partial charge in [0.25, 0.3) is 0 Å². The minimum absolute atomic E-state index is 0.0321. The molecular formula is C14H18N2O3S. The number of sulfone groups is 1. The average molecular weight is 294 g/mol. The zero-order valence-electron chi connectivity index (χ0n) is 11.8. The van der Waals surface area contributed by atoms with Gasteiger partial charge in [0.2, 0.25) is 5.91 Å². The maximum atomic E-state index is 12.0. The van der Waals surface area contributed by atoms with Crippen molar-refractivity contribution >= 4 is 15.7 Å². The molecule has 0 bridgehead atoms. The number of nitrogens with zero attached hydrogens (tertiary/aromatic N) is 1. The third kappa shape index (κ3) is 3.81. The molecule has 0 aromatic heterocycles. The minimum Gasteiger partial charge on any atom is -0.353 e. The molecule has 0 spiro atoms. The van der Waals surface area contributed by atoms with Crippen molar-refractivity contribution < 1.29 is 13.2 Å². The third-order valence-corrected chi connectivity index (χ3v) is 5.37. The van der Waals surface area contributed by atoms with Crippen molar-refractivity contribution in [3.63, 3.8) is 0 Å². The normalized spacial score (nSPS) is 13.3. The van der Waals surface area contributed by atoms with E-state index in [1.54, 1.807) is 30.3 Å². The molecule has 5 nitrogen and oxygen atoms in total. The highest BCUT2D eigenvalue weighted by Crippen LogP contribution is 2.17. The Labute approximate surface area is 119 Å². The Kier molecular flexibility index (Phi) is 4.90. The van der Waals surface area contributed by atoms with Crippen molar-refractivity contribution in [2.75, 3.05) is 12.8 Å². The maximum absolute atomic E-state index is 12.0. The Morgan fingerprint density at radius 3 is 2.35 bits per heavy atom. The summed E-state index contributed by atoms with van der Waals surface area (Å²) in [6, 6.07) is 10.6. The van der Waals surface area contributed by atoms with Crippen molar-refractivity contribution in [3.8, 4) is 6.07 Å². The summed E-state index contributed by atoms with van der Waals surface area (Å²) in [7, 11) is -3.29. The van der Waals surface area contributed by atoms with Crippen LogP contribution in [0.4, 0.5) is 0 Å². The molecule has 6 heteroatoms. The summed E-state index contributed by atoms with van der Waals surface area (Å²) in [5.74, 6) is -1.43. The molecule has 0 saturated heterocycles. The monoisotopic (exact) mass is 294 g/mol. The second kappa shape index (κ2) is 6.06. The van der Waals surface area contributed by atoms with E-state index in [0.29, 0.717) is 5.56 Å². The summed E-state index contributed by atoms with van der Waals surface area (Å²) in [5, 5.41) is 11.6. The number of nitrogens with one attached hydrogen (secondary N) is 1. The summed E-state index contributed by atoms with van der Waals surface area (Å²) in [5.41, 5.74) is 0.588. The van der Waals surface area contributed by atoms with Crippen molar-refractivity contribution in [3.05, 3.63) is 35.9 Å². The van der Waals surface area contributed by atoms with Crippen LogP contribution in [0.2, 0.25) is 0 Å². The number of carbonyl (C=O) groups excluding carboxylic acids is 1. The van der Waals surface area contributed by atoms with Crippen LogP contribution >= 0.6 is 0 Å². The fourth-order valence-electron chi connectivity index (χ4n) is 1.46. The quantitative estimate of drug-likeness (QED) is 0.885. The van der Waals surface area contributed by atoms with Gasteiger partial charge in [0.15, 0.2) is 9.84 Å². The Balaban J connectivity index is 2.79. The number of benzene rings is 1. The van der Waals surface area contributed by atoms with E-state index in [2.05, 4.69) is 5.32 Å². The fourth-order valence-corrected chi connectivity index (χ4v) is 1.80. The topological polar surface area (TPSA) is 87.0 Å². The van der Waals surface area contributed by atoms with Crippen LogP contribution in [0, 0.1) is 11.3 Å². The second-order valence-corrected chi connectivity index (χ2v) is 7.87. The van der Waals surface area contributed by atoms with Gasteiger partial charge in [0.05, 0.1) is 10.8 Å². The van der Waals surface area contributed by atoms with Crippen molar-refractivity contribution in [2.45, 2.75) is 24.5 Å². The molecule has 0 saturated carbocycles. The zero-order valence-corrected chi connectivity index (χ0v) is 12.6. The number of nitriles is 1. The number of carbonyl (C=O) groups is 1. The zero-order chi connectivity index (χ0) is 15.4. The van der Waals surface area contributed by atoms with E-state index in [1.807, 2.05) is 6.07 Å². The van der Waals surface area contributed by atoms with Crippen LogP contribution in [0.3, 0.4) is 0 Å². The van der Waals surface area contributed by atoms with Gasteiger partial charge in [-0.25, -0.2) is 8.42 Å². The molecule has 0 aliphatic carbocycles. The Hall–Kier alpha value is -1.87. The van der Waals surface area contributed by atoms with Gasteiger partial charge in [-0.05, 0) is 19.4 Å². The molecule has 1 aromatic carbocycles. The molecule has 1 aromatic rings. The first-order valence-corrected chi connectivity index (χ1v) is 8.00. The standard InChI is InChI=1S/C14H18N2O3S/c1-14(2,20(3,18)19)10-16-13(17)12(9-15)11-7-5-4-6-8-11/h4-8,12H,10H2,1-3H3,(H,16,17). The second-order valence-electron chi connectivity index (χ2n) is 5.22. The average Bonchev–Trinajstić information content (AvgIpc) is 2.37. The Morgan fingerprint density at radius 1 is 1.35 bits per heavy atom. The van der Waals surface area contributed by atoms with Crippen LogP contribution in [0.15, 0.2) is 30.3 Å². The maximum Gasteiger partial charge on any atom is 0.241 e. The van der Waals surface area contributed by atoms with Gasteiger partial charge >= 0.3 is 0 Å². The van der Waals surface area contributed by atoms with E-state index in [4.69, 9.17) is 5.26 Å². The summed E-state index contributed by atoms with van der Waals surface area (Å²) in [6.45, 7) is 3.04. The predicted octanol–water partition coefficient (Wildman–Crippen LogP) is 1.23. The molecule has 0 aliphatic rings. The van der Waals surface area contributed by atoms with Crippen LogP contribution in [0.25, 0.3) is 0 Å². The molecule has 108 valence electrons. The number of rotatable bonds is 5. The van der Waals surface area contributed by atoms with Crippen molar-refractivity contribution in [2.24, 2.45) is 0 Å². The Bertz CT molecular complexity index is 616. The number of amides is 1. The fraction of sp³-hybridized carbons (Fsp3) is 0.429. The first-order chi connectivity index (χ1) is 9.19. The van der Waals surface area contributed by atoms with E-state index in [1.165, 1.54) is 13.8 Å². The summed E-state index contributed by atoms with van der Waals surface area (Å²) < 4.78 is 22.0. The van der Waals surface area contributed by atoms with Gasteiger partial charge in [-0.1, -0.05) is 30.3 Å². The van der Waals surface area contributed by atoms with Crippen molar-refractivity contribution in [1.82, 2.24) is 5.32 Å². The van der Waals surface area contributed by atoms with Crippen LogP contribution in [0.1, 0.15) is 25.3 Å². The lowest BCUT2D eigenvalue weighted by molar-refractivity contribution is -0.121. The lowest BCUT2D eigenvalue weighted by atomic mass is 10.00. The molecule has 0 radical (unpaired) electrons. The predicted molar refractivity (Wildman–Crippen MR) is 76.7 cm³/mol. The molecule has 1 unspecified atom stereocenters. The molecular weight excluding hydrogens is 276 g/mol. The van der Waals surface area contributed by atoms with Gasteiger partial charge in [-0.15, -0.1) is 0 Å².